The summed E-state index contributed by atoms with van der Waals surface area (Å²) in [6.07, 6.45) is -5.06. The summed E-state index contributed by atoms with van der Waals surface area (Å²) in [4.78, 5) is 0. The highest BCUT2D eigenvalue weighted by molar-refractivity contribution is 5.84. The number of hydrogen-bond donors (Lipinski definition) is 0. The van der Waals surface area contributed by atoms with Crippen LogP contribution in [-0.2, 0) is 6.42 Å². The van der Waals surface area contributed by atoms with Crippen LogP contribution in [-0.4, -0.2) is 13.3 Å². The molecule has 0 N–H and O–H groups in total. The van der Waals surface area contributed by atoms with Crippen LogP contribution in [0.5, 0.6) is 5.75 Å². The molecule has 0 aliphatic carbocycles. The van der Waals surface area contributed by atoms with Gasteiger partial charge in [0.15, 0.2) is 0 Å². The number of rotatable bonds is 2. The molecule has 0 saturated carbocycles. The molecule has 0 aliphatic rings. The van der Waals surface area contributed by atoms with Gasteiger partial charge in [-0.25, -0.2) is 0 Å². The van der Waals surface area contributed by atoms with Crippen LogP contribution in [0.2, 0.25) is 0 Å². The molecule has 0 atom stereocenters. The van der Waals surface area contributed by atoms with Crippen molar-refractivity contribution in [3.63, 3.8) is 0 Å². The van der Waals surface area contributed by atoms with E-state index in [0.29, 0.717) is 5.75 Å². The molecule has 17 heavy (non-hydrogen) atoms. The van der Waals surface area contributed by atoms with Crippen molar-refractivity contribution in [2.75, 3.05) is 7.11 Å². The lowest BCUT2D eigenvalue weighted by atomic mass is 10.0. The van der Waals surface area contributed by atoms with Crippen molar-refractivity contribution < 1.29 is 17.9 Å². The molecule has 0 heterocycles. The summed E-state index contributed by atoms with van der Waals surface area (Å²) < 4.78 is 41.8. The molecule has 90 valence electrons. The predicted molar refractivity (Wildman–Crippen MR) is 60.3 cm³/mol. The summed E-state index contributed by atoms with van der Waals surface area (Å²) in [5.74, 6) is 0.695. The number of halogens is 3. The zero-order valence-corrected chi connectivity index (χ0v) is 9.21. The number of methoxy groups -OCH3 is 1. The Morgan fingerprint density at radius 2 is 1.65 bits per heavy atom. The first-order chi connectivity index (χ1) is 7.98. The minimum atomic E-state index is -4.17. The van der Waals surface area contributed by atoms with Crippen LogP contribution >= 0.6 is 0 Å². The van der Waals surface area contributed by atoms with Crippen molar-refractivity contribution in [3.8, 4) is 5.75 Å². The number of ether oxygens (including phenoxy) is 1. The summed E-state index contributed by atoms with van der Waals surface area (Å²) in [5, 5.41) is 1.66. The maximum absolute atomic E-state index is 12.2. The van der Waals surface area contributed by atoms with E-state index in [1.54, 1.807) is 37.4 Å². The Balaban J connectivity index is 2.38. The van der Waals surface area contributed by atoms with E-state index in [4.69, 9.17) is 4.74 Å². The smallest absolute Gasteiger partial charge is 0.393 e. The largest absolute Gasteiger partial charge is 0.497 e. The Labute approximate surface area is 96.8 Å². The highest BCUT2D eigenvalue weighted by Gasteiger charge is 2.27. The van der Waals surface area contributed by atoms with E-state index in [1.807, 2.05) is 0 Å². The number of benzene rings is 2. The lowest BCUT2D eigenvalue weighted by molar-refractivity contribution is -0.127. The van der Waals surface area contributed by atoms with E-state index in [9.17, 15) is 13.2 Å². The van der Waals surface area contributed by atoms with Gasteiger partial charge in [-0.05, 0) is 28.5 Å². The molecule has 1 nitrogen and oxygen atoms in total. The van der Waals surface area contributed by atoms with Crippen molar-refractivity contribution in [3.05, 3.63) is 42.0 Å². The number of fused-ring (bicyclic) bond motifs is 1. The standard InChI is InChI=1S/C13H11F3O/c1-17-12-5-4-10-6-9(8-13(14,15)16)2-3-11(10)7-12/h2-7H,8H2,1H3. The molecule has 0 aromatic heterocycles. The van der Waals surface area contributed by atoms with E-state index in [2.05, 4.69) is 0 Å². The van der Waals surface area contributed by atoms with Crippen molar-refractivity contribution in [2.24, 2.45) is 0 Å². The topological polar surface area (TPSA) is 9.23 Å². The first-order valence-corrected chi connectivity index (χ1v) is 5.11. The molecule has 0 radical (unpaired) electrons. The third-order valence-corrected chi connectivity index (χ3v) is 2.52. The second-order valence-electron chi connectivity index (χ2n) is 3.84. The average molecular weight is 240 g/mol. The SMILES string of the molecule is COc1ccc2cc(CC(F)(F)F)ccc2c1. The zero-order valence-electron chi connectivity index (χ0n) is 9.21. The van der Waals surface area contributed by atoms with Crippen LogP contribution in [0.25, 0.3) is 10.8 Å². The molecule has 0 fully saturated rings. The highest BCUT2D eigenvalue weighted by atomic mass is 19.4. The summed E-state index contributed by atoms with van der Waals surface area (Å²) in [6, 6.07) is 10.0. The minimum Gasteiger partial charge on any atom is -0.497 e. The van der Waals surface area contributed by atoms with Gasteiger partial charge in [-0.3, -0.25) is 0 Å². The van der Waals surface area contributed by atoms with Gasteiger partial charge in [-0.1, -0.05) is 24.3 Å². The van der Waals surface area contributed by atoms with Crippen LogP contribution in [0.4, 0.5) is 13.2 Å². The first kappa shape index (κ1) is 11.8. The van der Waals surface area contributed by atoms with E-state index >= 15 is 0 Å². The van der Waals surface area contributed by atoms with Gasteiger partial charge in [-0.2, -0.15) is 13.2 Å². The predicted octanol–water partition coefficient (Wildman–Crippen LogP) is 3.95. The average Bonchev–Trinajstić information content (AvgIpc) is 2.26. The van der Waals surface area contributed by atoms with Crippen LogP contribution in [0.1, 0.15) is 5.56 Å². The zero-order chi connectivity index (χ0) is 12.5. The van der Waals surface area contributed by atoms with Gasteiger partial charge in [-0.15, -0.1) is 0 Å². The second-order valence-corrected chi connectivity index (χ2v) is 3.84. The van der Waals surface area contributed by atoms with Crippen molar-refractivity contribution in [1.29, 1.82) is 0 Å². The van der Waals surface area contributed by atoms with Gasteiger partial charge in [0.05, 0.1) is 13.5 Å². The fraction of sp³-hybridized carbons (Fsp3) is 0.231. The summed E-state index contributed by atoms with van der Waals surface area (Å²) in [5.41, 5.74) is 0.273. The van der Waals surface area contributed by atoms with Gasteiger partial charge >= 0.3 is 6.18 Å². The Morgan fingerprint density at radius 1 is 1.00 bits per heavy atom. The van der Waals surface area contributed by atoms with Crippen molar-refractivity contribution >= 4 is 10.8 Å². The monoisotopic (exact) mass is 240 g/mol. The Hall–Kier alpha value is -1.71. The van der Waals surface area contributed by atoms with Crippen LogP contribution in [0, 0.1) is 0 Å². The van der Waals surface area contributed by atoms with Crippen LogP contribution in [0.15, 0.2) is 36.4 Å². The van der Waals surface area contributed by atoms with Gasteiger partial charge in [0, 0.05) is 0 Å². The molecule has 2 aromatic rings. The highest BCUT2D eigenvalue weighted by Crippen LogP contribution is 2.26. The Kier molecular flexibility index (Phi) is 2.96. The van der Waals surface area contributed by atoms with Gasteiger partial charge in [0.2, 0.25) is 0 Å². The fourth-order valence-electron chi connectivity index (χ4n) is 1.74. The molecule has 0 bridgehead atoms. The van der Waals surface area contributed by atoms with E-state index in [1.165, 1.54) is 6.07 Å². The number of hydrogen-bond acceptors (Lipinski definition) is 1. The van der Waals surface area contributed by atoms with Gasteiger partial charge < -0.3 is 4.74 Å². The van der Waals surface area contributed by atoms with Crippen LogP contribution in [0.3, 0.4) is 0 Å². The van der Waals surface area contributed by atoms with Crippen LogP contribution < -0.4 is 4.74 Å². The lowest BCUT2D eigenvalue weighted by Gasteiger charge is -2.08. The van der Waals surface area contributed by atoms with Crippen molar-refractivity contribution in [2.45, 2.75) is 12.6 Å². The van der Waals surface area contributed by atoms with E-state index in [-0.39, 0.29) is 5.56 Å². The Morgan fingerprint density at radius 3 is 2.29 bits per heavy atom. The van der Waals surface area contributed by atoms with E-state index in [0.717, 1.165) is 10.8 Å². The quantitative estimate of drug-likeness (QED) is 0.772. The van der Waals surface area contributed by atoms with E-state index < -0.39 is 12.6 Å². The third-order valence-electron chi connectivity index (χ3n) is 2.52. The third kappa shape index (κ3) is 2.90. The maximum atomic E-state index is 12.2. The molecular weight excluding hydrogens is 229 g/mol. The molecule has 0 saturated heterocycles. The molecular formula is C13H11F3O. The lowest BCUT2D eigenvalue weighted by Crippen LogP contribution is -2.11. The van der Waals surface area contributed by atoms with Gasteiger partial charge in [0.25, 0.3) is 0 Å². The molecule has 4 heteroatoms. The maximum Gasteiger partial charge on any atom is 0.393 e. The molecule has 0 spiro atoms. The fourth-order valence-corrected chi connectivity index (χ4v) is 1.74. The normalized spacial score (nSPS) is 11.8. The summed E-state index contributed by atoms with van der Waals surface area (Å²) >= 11 is 0. The molecule has 0 amide bonds. The number of alkyl halides is 3. The first-order valence-electron chi connectivity index (χ1n) is 5.11. The molecule has 0 unspecified atom stereocenters. The molecule has 2 aromatic carbocycles. The second kappa shape index (κ2) is 4.28. The minimum absolute atomic E-state index is 0.273. The summed E-state index contributed by atoms with van der Waals surface area (Å²) in [6.45, 7) is 0. The molecule has 0 aliphatic heterocycles. The Bertz CT molecular complexity index is 532. The molecule has 2 rings (SSSR count). The van der Waals surface area contributed by atoms with Gasteiger partial charge in [0.1, 0.15) is 5.75 Å². The van der Waals surface area contributed by atoms with Crippen molar-refractivity contribution in [1.82, 2.24) is 0 Å². The summed E-state index contributed by atoms with van der Waals surface area (Å²) in [7, 11) is 1.55.